The Hall–Kier alpha value is -2.45. The van der Waals surface area contributed by atoms with E-state index < -0.39 is 0 Å². The van der Waals surface area contributed by atoms with Gasteiger partial charge in [0, 0.05) is 5.38 Å². The summed E-state index contributed by atoms with van der Waals surface area (Å²) in [5.41, 5.74) is 3.81. The average molecular weight is 369 g/mol. The first-order valence-corrected chi connectivity index (χ1v) is 9.56. The third-order valence-electron chi connectivity index (χ3n) is 3.73. The van der Waals surface area contributed by atoms with Gasteiger partial charge >= 0.3 is 0 Å². The number of anilines is 1. The smallest absolute Gasteiger partial charge is 0.236 e. The molecule has 0 aliphatic heterocycles. The normalized spacial score (nSPS) is 11.3. The minimum Gasteiger partial charge on any atom is -0.301 e. The van der Waals surface area contributed by atoms with Crippen LogP contribution in [0.25, 0.3) is 16.6 Å². The second-order valence-electron chi connectivity index (χ2n) is 5.66. The highest BCUT2D eigenvalue weighted by Gasteiger charge is 2.14. The van der Waals surface area contributed by atoms with Crippen LogP contribution < -0.4 is 5.32 Å². The Kier molecular flexibility index (Phi) is 4.14. The van der Waals surface area contributed by atoms with Gasteiger partial charge in [0.15, 0.2) is 15.9 Å². The van der Waals surface area contributed by atoms with Crippen LogP contribution in [0, 0.1) is 13.8 Å². The molecule has 8 heteroatoms. The van der Waals surface area contributed by atoms with E-state index in [-0.39, 0.29) is 11.7 Å². The van der Waals surface area contributed by atoms with E-state index in [9.17, 15) is 4.79 Å². The molecule has 0 fully saturated rings. The van der Waals surface area contributed by atoms with Crippen molar-refractivity contribution < 1.29 is 4.79 Å². The van der Waals surface area contributed by atoms with Crippen molar-refractivity contribution in [2.45, 2.75) is 19.0 Å². The third kappa shape index (κ3) is 3.10. The second kappa shape index (κ2) is 6.45. The van der Waals surface area contributed by atoms with Gasteiger partial charge in [-0.05, 0) is 36.9 Å². The Morgan fingerprint density at radius 2 is 2.12 bits per heavy atom. The first-order valence-electron chi connectivity index (χ1n) is 7.70. The van der Waals surface area contributed by atoms with E-state index >= 15 is 0 Å². The molecule has 4 rings (SSSR count). The molecule has 0 bridgehead atoms. The molecule has 126 valence electrons. The van der Waals surface area contributed by atoms with Crippen molar-refractivity contribution in [3.63, 3.8) is 0 Å². The topological polar surface area (TPSA) is 72.2 Å². The molecule has 0 radical (unpaired) electrons. The molecule has 3 heterocycles. The van der Waals surface area contributed by atoms with Crippen LogP contribution >= 0.6 is 23.1 Å². The Bertz CT molecular complexity index is 1090. The van der Waals surface area contributed by atoms with E-state index in [1.165, 1.54) is 23.1 Å². The molecule has 0 aliphatic carbocycles. The van der Waals surface area contributed by atoms with Crippen molar-refractivity contribution in [3.8, 4) is 0 Å². The van der Waals surface area contributed by atoms with E-state index in [1.807, 2.05) is 41.8 Å². The molecule has 25 heavy (non-hydrogen) atoms. The lowest BCUT2D eigenvalue weighted by Crippen LogP contribution is -2.14. The van der Waals surface area contributed by atoms with E-state index in [2.05, 4.69) is 32.6 Å². The number of nitrogens with one attached hydrogen (secondary N) is 1. The van der Waals surface area contributed by atoms with E-state index in [0.29, 0.717) is 10.3 Å². The molecular formula is C17H15N5OS2. The van der Waals surface area contributed by atoms with Crippen LogP contribution in [-0.4, -0.2) is 31.2 Å². The van der Waals surface area contributed by atoms with Gasteiger partial charge in [0.2, 0.25) is 5.91 Å². The maximum Gasteiger partial charge on any atom is 0.236 e. The Morgan fingerprint density at radius 3 is 2.92 bits per heavy atom. The summed E-state index contributed by atoms with van der Waals surface area (Å²) in [6.07, 6.45) is 0. The number of nitrogens with zero attached hydrogens (tertiary/aromatic N) is 4. The van der Waals surface area contributed by atoms with Crippen LogP contribution in [0.1, 0.15) is 11.3 Å². The summed E-state index contributed by atoms with van der Waals surface area (Å²) in [7, 11) is 0. The maximum atomic E-state index is 12.2. The highest BCUT2D eigenvalue weighted by atomic mass is 32.2. The lowest BCUT2D eigenvalue weighted by Gasteiger charge is -2.06. The minimum absolute atomic E-state index is 0.104. The number of hydrogen-bond donors (Lipinski definition) is 1. The van der Waals surface area contributed by atoms with Crippen molar-refractivity contribution in [1.82, 2.24) is 19.6 Å². The Morgan fingerprint density at radius 1 is 1.28 bits per heavy atom. The molecule has 6 nitrogen and oxygen atoms in total. The highest BCUT2D eigenvalue weighted by Crippen LogP contribution is 2.25. The lowest BCUT2D eigenvalue weighted by atomic mass is 10.1. The highest BCUT2D eigenvalue weighted by molar-refractivity contribution is 7.99. The molecule has 4 aromatic rings. The number of benzene rings is 1. The molecule has 0 saturated heterocycles. The van der Waals surface area contributed by atoms with Gasteiger partial charge in [-0.2, -0.15) is 0 Å². The first kappa shape index (κ1) is 16.0. The van der Waals surface area contributed by atoms with Gasteiger partial charge in [0.05, 0.1) is 17.0 Å². The number of aryl methyl sites for hydroxylation is 2. The molecule has 1 aromatic carbocycles. The third-order valence-corrected chi connectivity index (χ3v) is 5.54. The van der Waals surface area contributed by atoms with Gasteiger partial charge < -0.3 is 5.32 Å². The number of carbonyl (C=O) groups is 1. The van der Waals surface area contributed by atoms with Gasteiger partial charge in [0.1, 0.15) is 0 Å². The molecule has 0 atom stereocenters. The Balaban J connectivity index is 1.60. The zero-order valence-corrected chi connectivity index (χ0v) is 15.3. The molecule has 0 aliphatic rings. The fourth-order valence-corrected chi connectivity index (χ4v) is 4.09. The monoisotopic (exact) mass is 369 g/mol. The number of thiazole rings is 1. The molecule has 0 unspecified atom stereocenters. The number of rotatable bonds is 4. The summed E-state index contributed by atoms with van der Waals surface area (Å²) < 4.78 is 2.01. The molecule has 0 saturated carbocycles. The molecule has 1 N–H and O–H groups in total. The van der Waals surface area contributed by atoms with Crippen LogP contribution in [0.2, 0.25) is 0 Å². The number of para-hydroxylation sites is 1. The SMILES string of the molecule is Cc1csc(NC(=O)CSc2nnc3c(C)cc4ccccc4n23)n1. The van der Waals surface area contributed by atoms with Crippen LogP contribution in [0.5, 0.6) is 0 Å². The van der Waals surface area contributed by atoms with Gasteiger partial charge in [-0.15, -0.1) is 21.5 Å². The fourth-order valence-electron chi connectivity index (χ4n) is 2.64. The quantitative estimate of drug-likeness (QED) is 0.556. The van der Waals surface area contributed by atoms with Crippen molar-refractivity contribution in [2.24, 2.45) is 0 Å². The van der Waals surface area contributed by atoms with Crippen molar-refractivity contribution in [1.29, 1.82) is 0 Å². The number of fused-ring (bicyclic) bond motifs is 3. The van der Waals surface area contributed by atoms with Crippen LogP contribution in [-0.2, 0) is 4.79 Å². The molecule has 0 spiro atoms. The van der Waals surface area contributed by atoms with Crippen LogP contribution in [0.3, 0.4) is 0 Å². The molecule has 3 aromatic heterocycles. The van der Waals surface area contributed by atoms with Gasteiger partial charge in [0.25, 0.3) is 0 Å². The summed E-state index contributed by atoms with van der Waals surface area (Å²) in [5, 5.41) is 15.7. The fraction of sp³-hybridized carbons (Fsp3) is 0.176. The summed E-state index contributed by atoms with van der Waals surface area (Å²) in [6.45, 7) is 3.92. The second-order valence-corrected chi connectivity index (χ2v) is 7.46. The van der Waals surface area contributed by atoms with E-state index in [0.717, 1.165) is 27.8 Å². The minimum atomic E-state index is -0.104. The average Bonchev–Trinajstić information content (AvgIpc) is 3.20. The number of thioether (sulfide) groups is 1. The maximum absolute atomic E-state index is 12.2. The first-order chi connectivity index (χ1) is 12.1. The number of carbonyl (C=O) groups excluding carboxylic acids is 1. The number of aromatic nitrogens is 4. The van der Waals surface area contributed by atoms with Crippen LogP contribution in [0.15, 0.2) is 40.9 Å². The molecule has 1 amide bonds. The van der Waals surface area contributed by atoms with Gasteiger partial charge in [-0.25, -0.2) is 4.98 Å². The van der Waals surface area contributed by atoms with Crippen molar-refractivity contribution >= 4 is 50.7 Å². The zero-order valence-electron chi connectivity index (χ0n) is 13.7. The standard InChI is InChI=1S/C17H15N5OS2/c1-10-7-12-5-3-4-6-13(12)22-15(10)20-21-17(22)25-9-14(23)19-16-18-11(2)8-24-16/h3-8H,9H2,1-2H3,(H,18,19,23). The van der Waals surface area contributed by atoms with Crippen LogP contribution in [0.4, 0.5) is 5.13 Å². The van der Waals surface area contributed by atoms with Gasteiger partial charge in [-0.1, -0.05) is 30.0 Å². The van der Waals surface area contributed by atoms with E-state index in [1.54, 1.807) is 0 Å². The summed E-state index contributed by atoms with van der Waals surface area (Å²) in [4.78, 5) is 16.4. The number of pyridine rings is 1. The van der Waals surface area contributed by atoms with Crippen molar-refractivity contribution in [2.75, 3.05) is 11.1 Å². The Labute approximate surface area is 152 Å². The number of hydrogen-bond acceptors (Lipinski definition) is 6. The van der Waals surface area contributed by atoms with Gasteiger partial charge in [-0.3, -0.25) is 9.20 Å². The lowest BCUT2D eigenvalue weighted by molar-refractivity contribution is -0.113. The largest absolute Gasteiger partial charge is 0.301 e. The summed E-state index contributed by atoms with van der Waals surface area (Å²) in [6, 6.07) is 10.2. The van der Waals surface area contributed by atoms with Crippen molar-refractivity contribution in [3.05, 3.63) is 47.0 Å². The number of amides is 1. The van der Waals surface area contributed by atoms with E-state index in [4.69, 9.17) is 0 Å². The summed E-state index contributed by atoms with van der Waals surface area (Å²) in [5.74, 6) is 0.148. The zero-order chi connectivity index (χ0) is 17.4. The summed E-state index contributed by atoms with van der Waals surface area (Å²) >= 11 is 2.79. The molecular weight excluding hydrogens is 354 g/mol. The predicted molar refractivity (Wildman–Crippen MR) is 101 cm³/mol. The predicted octanol–water partition coefficient (Wildman–Crippen LogP) is 3.69.